The number of rotatable bonds is 2. The van der Waals surface area contributed by atoms with Crippen LogP contribution in [0.25, 0.3) is 10.8 Å². The maximum Gasteiger partial charge on any atom is 0.141 e. The van der Waals surface area contributed by atoms with Crippen LogP contribution in [0.1, 0.15) is 17.2 Å². The molecule has 3 aromatic rings. The second kappa shape index (κ2) is 4.74. The maximum absolute atomic E-state index is 13.2. The van der Waals surface area contributed by atoms with Crippen molar-refractivity contribution in [2.45, 2.75) is 6.10 Å². The van der Waals surface area contributed by atoms with E-state index < -0.39 is 11.9 Å². The van der Waals surface area contributed by atoms with E-state index in [0.717, 1.165) is 17.0 Å². The Balaban J connectivity index is 2.14. The van der Waals surface area contributed by atoms with E-state index in [1.807, 2.05) is 24.3 Å². The van der Waals surface area contributed by atoms with Crippen molar-refractivity contribution in [3.63, 3.8) is 0 Å². The summed E-state index contributed by atoms with van der Waals surface area (Å²) in [5, 5.41) is 12.2. The zero-order valence-corrected chi connectivity index (χ0v) is 9.99. The van der Waals surface area contributed by atoms with Gasteiger partial charge in [-0.15, -0.1) is 0 Å². The molecule has 1 unspecified atom stereocenters. The number of hydrogen-bond donors (Lipinski definition) is 1. The predicted molar refractivity (Wildman–Crippen MR) is 70.0 cm³/mol. The van der Waals surface area contributed by atoms with E-state index in [0.29, 0.717) is 11.1 Å². The minimum absolute atomic E-state index is 0.435. The van der Waals surface area contributed by atoms with Gasteiger partial charge in [-0.3, -0.25) is 9.97 Å². The molecule has 2 heterocycles. The normalized spacial score (nSPS) is 12.5. The molecule has 0 spiro atoms. The number of aromatic nitrogens is 2. The summed E-state index contributed by atoms with van der Waals surface area (Å²) < 4.78 is 13.2. The number of fused-ring (bicyclic) bond motifs is 1. The summed E-state index contributed by atoms with van der Waals surface area (Å²) in [6.07, 6.45) is 5.07. The van der Waals surface area contributed by atoms with Crippen molar-refractivity contribution in [2.24, 2.45) is 0 Å². The second-order valence-electron chi connectivity index (χ2n) is 4.28. The first-order valence-corrected chi connectivity index (χ1v) is 5.87. The molecule has 19 heavy (non-hydrogen) atoms. The molecule has 0 aliphatic rings. The molecule has 3 rings (SSSR count). The number of aliphatic hydroxyl groups is 1. The molecular weight excluding hydrogens is 243 g/mol. The summed E-state index contributed by atoms with van der Waals surface area (Å²) in [6.45, 7) is 0. The highest BCUT2D eigenvalue weighted by molar-refractivity contribution is 5.85. The first-order valence-electron chi connectivity index (χ1n) is 5.87. The van der Waals surface area contributed by atoms with Crippen LogP contribution in [0, 0.1) is 5.82 Å². The third kappa shape index (κ3) is 2.18. The highest BCUT2D eigenvalue weighted by Crippen LogP contribution is 2.28. The summed E-state index contributed by atoms with van der Waals surface area (Å²) in [5.74, 6) is -0.460. The van der Waals surface area contributed by atoms with E-state index in [4.69, 9.17) is 0 Å². The molecular formula is C15H11FN2O. The van der Waals surface area contributed by atoms with Crippen molar-refractivity contribution in [1.29, 1.82) is 0 Å². The van der Waals surface area contributed by atoms with E-state index in [2.05, 4.69) is 9.97 Å². The average molecular weight is 254 g/mol. The Labute approximate surface area is 109 Å². The van der Waals surface area contributed by atoms with Crippen LogP contribution in [0.3, 0.4) is 0 Å². The molecule has 0 amide bonds. The number of halogens is 1. The summed E-state index contributed by atoms with van der Waals surface area (Å²) in [7, 11) is 0. The van der Waals surface area contributed by atoms with Gasteiger partial charge in [0.2, 0.25) is 0 Å². The summed E-state index contributed by atoms with van der Waals surface area (Å²) in [5.41, 5.74) is 1.15. The van der Waals surface area contributed by atoms with Crippen LogP contribution in [-0.4, -0.2) is 15.1 Å². The fourth-order valence-electron chi connectivity index (χ4n) is 2.14. The number of pyridine rings is 2. The molecule has 0 fully saturated rings. The summed E-state index contributed by atoms with van der Waals surface area (Å²) in [6, 6.07) is 8.70. The number of hydrogen-bond acceptors (Lipinski definition) is 3. The molecule has 94 valence electrons. The SMILES string of the molecule is OC(c1cncc(F)c1)c1cccc2cnccc12. The van der Waals surface area contributed by atoms with Crippen LogP contribution in [0.5, 0.6) is 0 Å². The molecule has 0 saturated heterocycles. The Morgan fingerprint density at radius 2 is 1.95 bits per heavy atom. The van der Waals surface area contributed by atoms with Gasteiger partial charge in [0.15, 0.2) is 0 Å². The standard InChI is InChI=1S/C15H11FN2O/c16-12-6-11(8-18-9-12)15(19)14-3-1-2-10-7-17-5-4-13(10)14/h1-9,15,19H. The molecule has 1 atom stereocenters. The molecule has 4 heteroatoms. The highest BCUT2D eigenvalue weighted by atomic mass is 19.1. The first kappa shape index (κ1) is 11.7. The van der Waals surface area contributed by atoms with Crippen LogP contribution in [0.4, 0.5) is 4.39 Å². The molecule has 0 bridgehead atoms. The van der Waals surface area contributed by atoms with Crippen LogP contribution < -0.4 is 0 Å². The second-order valence-corrected chi connectivity index (χ2v) is 4.28. The predicted octanol–water partition coefficient (Wildman–Crippen LogP) is 2.85. The number of aliphatic hydroxyl groups excluding tert-OH is 1. The molecule has 1 aromatic carbocycles. The van der Waals surface area contributed by atoms with E-state index in [9.17, 15) is 9.50 Å². The van der Waals surface area contributed by atoms with Gasteiger partial charge >= 0.3 is 0 Å². The van der Waals surface area contributed by atoms with Gasteiger partial charge in [0, 0.05) is 29.5 Å². The van der Waals surface area contributed by atoms with Gasteiger partial charge in [-0.25, -0.2) is 4.39 Å². The van der Waals surface area contributed by atoms with E-state index in [1.54, 1.807) is 12.4 Å². The van der Waals surface area contributed by atoms with Gasteiger partial charge in [0.25, 0.3) is 0 Å². The fourth-order valence-corrected chi connectivity index (χ4v) is 2.14. The Morgan fingerprint density at radius 3 is 2.79 bits per heavy atom. The third-order valence-electron chi connectivity index (χ3n) is 3.05. The van der Waals surface area contributed by atoms with Gasteiger partial charge in [0.05, 0.1) is 6.20 Å². The van der Waals surface area contributed by atoms with E-state index in [1.165, 1.54) is 12.3 Å². The lowest BCUT2D eigenvalue weighted by Gasteiger charge is -2.13. The van der Waals surface area contributed by atoms with E-state index >= 15 is 0 Å². The Kier molecular flexibility index (Phi) is 2.93. The lowest BCUT2D eigenvalue weighted by Crippen LogP contribution is -2.01. The van der Waals surface area contributed by atoms with Crippen molar-refractivity contribution >= 4 is 10.8 Å². The first-order chi connectivity index (χ1) is 9.25. The van der Waals surface area contributed by atoms with Crippen molar-refractivity contribution < 1.29 is 9.50 Å². The Hall–Kier alpha value is -2.33. The average Bonchev–Trinajstić information content (AvgIpc) is 2.46. The Morgan fingerprint density at radius 1 is 1.05 bits per heavy atom. The molecule has 0 aliphatic carbocycles. The van der Waals surface area contributed by atoms with Crippen LogP contribution >= 0.6 is 0 Å². The zero-order chi connectivity index (χ0) is 13.2. The van der Waals surface area contributed by atoms with Gasteiger partial charge in [-0.1, -0.05) is 18.2 Å². The lowest BCUT2D eigenvalue weighted by atomic mass is 9.98. The van der Waals surface area contributed by atoms with Crippen LogP contribution in [0.2, 0.25) is 0 Å². The molecule has 0 radical (unpaired) electrons. The van der Waals surface area contributed by atoms with Gasteiger partial charge in [0.1, 0.15) is 11.9 Å². The minimum atomic E-state index is -0.908. The van der Waals surface area contributed by atoms with Crippen molar-refractivity contribution in [3.8, 4) is 0 Å². The molecule has 1 N–H and O–H groups in total. The van der Waals surface area contributed by atoms with Crippen LogP contribution in [0.15, 0.2) is 55.1 Å². The van der Waals surface area contributed by atoms with Gasteiger partial charge in [-0.05, 0) is 23.1 Å². The smallest absolute Gasteiger partial charge is 0.141 e. The summed E-state index contributed by atoms with van der Waals surface area (Å²) in [4.78, 5) is 7.81. The molecule has 3 nitrogen and oxygen atoms in total. The van der Waals surface area contributed by atoms with Gasteiger partial charge in [-0.2, -0.15) is 0 Å². The van der Waals surface area contributed by atoms with Crippen molar-refractivity contribution in [1.82, 2.24) is 9.97 Å². The third-order valence-corrected chi connectivity index (χ3v) is 3.05. The number of benzene rings is 1. The molecule has 2 aromatic heterocycles. The van der Waals surface area contributed by atoms with E-state index in [-0.39, 0.29) is 0 Å². The van der Waals surface area contributed by atoms with Gasteiger partial charge < -0.3 is 5.11 Å². The highest BCUT2D eigenvalue weighted by Gasteiger charge is 2.14. The van der Waals surface area contributed by atoms with Crippen LogP contribution in [-0.2, 0) is 0 Å². The van der Waals surface area contributed by atoms with Crippen molar-refractivity contribution in [2.75, 3.05) is 0 Å². The molecule has 0 saturated carbocycles. The summed E-state index contributed by atoms with van der Waals surface area (Å²) >= 11 is 0. The van der Waals surface area contributed by atoms with Crippen molar-refractivity contribution in [3.05, 3.63) is 72.1 Å². The fraction of sp³-hybridized carbons (Fsp3) is 0.0667. The quantitative estimate of drug-likeness (QED) is 0.764. The maximum atomic E-state index is 13.2. The molecule has 0 aliphatic heterocycles. The largest absolute Gasteiger partial charge is 0.384 e. The minimum Gasteiger partial charge on any atom is -0.384 e. The zero-order valence-electron chi connectivity index (χ0n) is 9.99. The lowest BCUT2D eigenvalue weighted by molar-refractivity contribution is 0.221. The number of nitrogens with zero attached hydrogens (tertiary/aromatic N) is 2. The Bertz CT molecular complexity index is 725. The monoisotopic (exact) mass is 254 g/mol. The topological polar surface area (TPSA) is 46.0 Å².